The number of aromatic nitrogens is 3. The predicted octanol–water partition coefficient (Wildman–Crippen LogP) is 4.51. The molecule has 2 atom stereocenters. The first-order valence-electron chi connectivity index (χ1n) is 9.57. The van der Waals surface area contributed by atoms with Gasteiger partial charge in [-0.15, -0.1) is 0 Å². The van der Waals surface area contributed by atoms with Gasteiger partial charge in [-0.05, 0) is 55.8 Å². The zero-order valence-electron chi connectivity index (χ0n) is 15.8. The normalized spacial score (nSPS) is 21.1. The van der Waals surface area contributed by atoms with E-state index in [1.165, 1.54) is 0 Å². The highest BCUT2D eigenvalue weighted by atomic mass is 35.5. The number of fused-ring (bicyclic) bond motifs is 1. The highest BCUT2D eigenvalue weighted by molar-refractivity contribution is 6.42. The lowest BCUT2D eigenvalue weighted by atomic mass is 9.98. The van der Waals surface area contributed by atoms with Gasteiger partial charge < -0.3 is 10.2 Å². The Hall–Kier alpha value is -2.41. The summed E-state index contributed by atoms with van der Waals surface area (Å²) in [5.41, 5.74) is 4.06. The van der Waals surface area contributed by atoms with E-state index in [9.17, 15) is 4.79 Å². The smallest absolute Gasteiger partial charge is 0.277 e. The van der Waals surface area contributed by atoms with E-state index in [1.807, 2.05) is 29.8 Å². The van der Waals surface area contributed by atoms with Crippen LogP contribution in [0.3, 0.4) is 0 Å². The summed E-state index contributed by atoms with van der Waals surface area (Å²) in [6, 6.07) is 9.54. The lowest BCUT2D eigenvalue weighted by Gasteiger charge is -2.32. The molecule has 6 nitrogen and oxygen atoms in total. The maximum atomic E-state index is 13.5. The molecule has 1 N–H and O–H groups in total. The number of anilines is 1. The second kappa shape index (κ2) is 7.13. The van der Waals surface area contributed by atoms with Gasteiger partial charge in [-0.2, -0.15) is 5.10 Å². The summed E-state index contributed by atoms with van der Waals surface area (Å²) in [6.45, 7) is 3.57. The first-order chi connectivity index (χ1) is 14.0. The lowest BCUT2D eigenvalue weighted by molar-refractivity contribution is 0.0954. The number of nitrogens with one attached hydrogen (secondary N) is 1. The standard InChI is InChI=1S/C21H19Cl2N5O/c1-12-11-27(14-2-3-16(22)17(23)9-14)21(29)20-15(10-26-28(12)20)13-4-6-25-19(8-13)18-5-7-24-18/h2-4,6,8-10,12,18,24H,5,7,11H2,1H3/t12-,18?/m0/s1. The Morgan fingerprint density at radius 3 is 2.72 bits per heavy atom. The van der Waals surface area contributed by atoms with Crippen LogP contribution < -0.4 is 10.2 Å². The molecule has 8 heteroatoms. The molecule has 4 heterocycles. The van der Waals surface area contributed by atoms with Gasteiger partial charge in [0.2, 0.25) is 0 Å². The Morgan fingerprint density at radius 1 is 1.17 bits per heavy atom. The number of amides is 1. The van der Waals surface area contributed by atoms with Crippen LogP contribution in [-0.2, 0) is 0 Å². The minimum atomic E-state index is -0.103. The molecule has 1 saturated heterocycles. The topological polar surface area (TPSA) is 63.1 Å². The van der Waals surface area contributed by atoms with E-state index in [4.69, 9.17) is 23.2 Å². The number of halogens is 2. The first-order valence-corrected chi connectivity index (χ1v) is 10.3. The van der Waals surface area contributed by atoms with Crippen LogP contribution in [0, 0.1) is 0 Å². The number of nitrogens with zero attached hydrogens (tertiary/aromatic N) is 4. The number of carbonyl (C=O) groups is 1. The van der Waals surface area contributed by atoms with Crippen molar-refractivity contribution in [3.63, 3.8) is 0 Å². The van der Waals surface area contributed by atoms with Crippen LogP contribution in [0.2, 0.25) is 10.0 Å². The first kappa shape index (κ1) is 18.6. The van der Waals surface area contributed by atoms with Gasteiger partial charge in [0.15, 0.2) is 0 Å². The zero-order valence-corrected chi connectivity index (χ0v) is 17.3. The Bertz CT molecular complexity index is 1110. The molecule has 0 bridgehead atoms. The third kappa shape index (κ3) is 3.12. The van der Waals surface area contributed by atoms with Crippen molar-refractivity contribution in [3.8, 4) is 11.1 Å². The molecule has 0 spiro atoms. The monoisotopic (exact) mass is 427 g/mol. The summed E-state index contributed by atoms with van der Waals surface area (Å²) in [5, 5.41) is 8.78. The van der Waals surface area contributed by atoms with Gasteiger partial charge in [0.1, 0.15) is 5.69 Å². The van der Waals surface area contributed by atoms with Crippen molar-refractivity contribution in [2.24, 2.45) is 0 Å². The van der Waals surface area contributed by atoms with Gasteiger partial charge in [0, 0.05) is 24.0 Å². The molecule has 148 valence electrons. The van der Waals surface area contributed by atoms with Crippen LogP contribution in [0.25, 0.3) is 11.1 Å². The summed E-state index contributed by atoms with van der Waals surface area (Å²) < 4.78 is 1.81. The number of rotatable bonds is 3. The SMILES string of the molecule is C[C@H]1CN(c2ccc(Cl)c(Cl)c2)C(=O)c2c(-c3ccnc(C4CCN4)c3)cnn21. The summed E-state index contributed by atoms with van der Waals surface area (Å²) in [6.07, 6.45) is 4.64. The van der Waals surface area contributed by atoms with Crippen molar-refractivity contribution in [2.75, 3.05) is 18.0 Å². The van der Waals surface area contributed by atoms with Crippen LogP contribution in [-0.4, -0.2) is 33.8 Å². The molecule has 0 aliphatic carbocycles. The van der Waals surface area contributed by atoms with Gasteiger partial charge >= 0.3 is 0 Å². The molecule has 1 fully saturated rings. The minimum Gasteiger partial charge on any atom is -0.309 e. The summed E-state index contributed by atoms with van der Waals surface area (Å²) in [5.74, 6) is -0.103. The molecule has 2 aromatic heterocycles. The number of hydrogen-bond donors (Lipinski definition) is 1. The quantitative estimate of drug-likeness (QED) is 0.667. The molecule has 0 saturated carbocycles. The Morgan fingerprint density at radius 2 is 2.00 bits per heavy atom. The second-order valence-corrected chi connectivity index (χ2v) is 8.29. The van der Waals surface area contributed by atoms with E-state index in [0.29, 0.717) is 22.3 Å². The average Bonchev–Trinajstić information content (AvgIpc) is 3.12. The van der Waals surface area contributed by atoms with Gasteiger partial charge in [-0.1, -0.05) is 23.2 Å². The van der Waals surface area contributed by atoms with Crippen LogP contribution in [0.1, 0.15) is 41.6 Å². The van der Waals surface area contributed by atoms with Gasteiger partial charge in [0.05, 0.1) is 34.0 Å². The number of pyridine rings is 1. The fraction of sp³-hybridized carbons (Fsp3) is 0.286. The highest BCUT2D eigenvalue weighted by Crippen LogP contribution is 2.35. The lowest BCUT2D eigenvalue weighted by Crippen LogP contribution is -2.42. The zero-order chi connectivity index (χ0) is 20.1. The number of benzene rings is 1. The summed E-state index contributed by atoms with van der Waals surface area (Å²) in [7, 11) is 0. The maximum absolute atomic E-state index is 13.5. The molecule has 29 heavy (non-hydrogen) atoms. The van der Waals surface area contributed by atoms with E-state index >= 15 is 0 Å². The fourth-order valence-electron chi connectivity index (χ4n) is 3.90. The van der Waals surface area contributed by atoms with E-state index in [1.54, 1.807) is 29.4 Å². The highest BCUT2D eigenvalue weighted by Gasteiger charge is 2.34. The molecular formula is C21H19Cl2N5O. The average molecular weight is 428 g/mol. The molecular weight excluding hydrogens is 409 g/mol. The van der Waals surface area contributed by atoms with Crippen molar-refractivity contribution in [3.05, 3.63) is 64.2 Å². The fourth-order valence-corrected chi connectivity index (χ4v) is 4.19. The Balaban J connectivity index is 1.56. The van der Waals surface area contributed by atoms with Crippen LogP contribution in [0.4, 0.5) is 5.69 Å². The van der Waals surface area contributed by atoms with Gasteiger partial charge in [0.25, 0.3) is 5.91 Å². The molecule has 0 radical (unpaired) electrons. The third-order valence-corrected chi connectivity index (χ3v) is 6.33. The molecule has 3 aromatic rings. The van der Waals surface area contributed by atoms with Crippen molar-refractivity contribution in [1.29, 1.82) is 0 Å². The van der Waals surface area contributed by atoms with Crippen LogP contribution in [0.5, 0.6) is 0 Å². The van der Waals surface area contributed by atoms with E-state index in [-0.39, 0.29) is 18.0 Å². The molecule has 2 aliphatic heterocycles. The molecule has 1 amide bonds. The Labute approximate surface area is 178 Å². The van der Waals surface area contributed by atoms with E-state index in [0.717, 1.165) is 35.5 Å². The number of carbonyl (C=O) groups excluding carboxylic acids is 1. The Kier molecular flexibility index (Phi) is 4.57. The summed E-state index contributed by atoms with van der Waals surface area (Å²) >= 11 is 12.2. The van der Waals surface area contributed by atoms with Crippen molar-refractivity contribution in [1.82, 2.24) is 20.1 Å². The predicted molar refractivity (Wildman–Crippen MR) is 114 cm³/mol. The van der Waals surface area contributed by atoms with Crippen LogP contribution >= 0.6 is 23.2 Å². The molecule has 1 unspecified atom stereocenters. The van der Waals surface area contributed by atoms with E-state index < -0.39 is 0 Å². The number of hydrogen-bond acceptors (Lipinski definition) is 4. The van der Waals surface area contributed by atoms with Gasteiger partial charge in [-0.3, -0.25) is 14.5 Å². The second-order valence-electron chi connectivity index (χ2n) is 7.48. The molecule has 5 rings (SSSR count). The van der Waals surface area contributed by atoms with Crippen molar-refractivity contribution in [2.45, 2.75) is 25.4 Å². The van der Waals surface area contributed by atoms with Gasteiger partial charge in [-0.25, -0.2) is 0 Å². The van der Waals surface area contributed by atoms with Crippen LogP contribution in [0.15, 0.2) is 42.7 Å². The molecule has 2 aliphatic rings. The largest absolute Gasteiger partial charge is 0.309 e. The van der Waals surface area contributed by atoms with E-state index in [2.05, 4.69) is 15.4 Å². The third-order valence-electron chi connectivity index (χ3n) is 5.60. The molecule has 1 aromatic carbocycles. The maximum Gasteiger partial charge on any atom is 0.277 e. The minimum absolute atomic E-state index is 0.0282. The van der Waals surface area contributed by atoms with Crippen molar-refractivity contribution >= 4 is 34.8 Å². The van der Waals surface area contributed by atoms with Crippen molar-refractivity contribution < 1.29 is 4.79 Å². The summed E-state index contributed by atoms with van der Waals surface area (Å²) in [4.78, 5) is 19.7.